The summed E-state index contributed by atoms with van der Waals surface area (Å²) in [5.41, 5.74) is 0. The van der Waals surface area contributed by atoms with Crippen LogP contribution in [0.5, 0.6) is 0 Å². The van der Waals surface area contributed by atoms with E-state index in [1.165, 1.54) is 0 Å². The van der Waals surface area contributed by atoms with Crippen molar-refractivity contribution in [1.29, 1.82) is 0 Å². The van der Waals surface area contributed by atoms with Gasteiger partial charge in [0.05, 0.1) is 4.88 Å². The Kier molecular flexibility index (Phi) is 2.82. The molecule has 1 rings (SSSR count). The van der Waals surface area contributed by atoms with Gasteiger partial charge in [0.15, 0.2) is 0 Å². The Hall–Kier alpha value is 0.0700. The number of hydrogen-bond acceptors (Lipinski definition) is 2. The second-order valence-electron chi connectivity index (χ2n) is 1.71. The minimum Gasteiger partial charge on any atom is -0.378 e. The first-order valence-electron chi connectivity index (χ1n) is 2.70. The summed E-state index contributed by atoms with van der Waals surface area (Å²) in [6.45, 7) is 0. The van der Waals surface area contributed by atoms with Crippen molar-refractivity contribution in [3.63, 3.8) is 0 Å². The molecular weight excluding hydrogens is 230 g/mol. The maximum atomic E-state index is 5.01. The highest BCUT2D eigenvalue weighted by molar-refractivity contribution is 9.10. The van der Waals surface area contributed by atoms with Crippen LogP contribution in [0.2, 0.25) is 0 Å². The summed E-state index contributed by atoms with van der Waals surface area (Å²) in [6, 6.07) is 2.00. The Balaban J connectivity index is 2.85. The van der Waals surface area contributed by atoms with Gasteiger partial charge in [0, 0.05) is 16.9 Å². The Morgan fingerprint density at radius 1 is 1.80 bits per heavy atom. The summed E-state index contributed by atoms with van der Waals surface area (Å²) >= 11 is 10.00. The normalized spacial score (nSPS) is 9.40. The third kappa shape index (κ3) is 1.78. The van der Waals surface area contributed by atoms with Gasteiger partial charge in [0.2, 0.25) is 0 Å². The summed E-state index contributed by atoms with van der Waals surface area (Å²) in [5, 5.41) is 4.93. The van der Waals surface area contributed by atoms with Crippen LogP contribution in [0.25, 0.3) is 0 Å². The Labute approximate surface area is 77.6 Å². The average molecular weight is 236 g/mol. The van der Waals surface area contributed by atoms with E-state index >= 15 is 0 Å². The van der Waals surface area contributed by atoms with E-state index in [0.29, 0.717) is 0 Å². The largest absolute Gasteiger partial charge is 0.378 e. The fraction of sp³-hybridized carbons (Fsp3) is 0.167. The van der Waals surface area contributed by atoms with Gasteiger partial charge in [-0.2, -0.15) is 0 Å². The molecule has 0 aromatic carbocycles. The van der Waals surface area contributed by atoms with E-state index in [2.05, 4.69) is 21.2 Å². The quantitative estimate of drug-likeness (QED) is 0.751. The molecule has 54 valence electrons. The van der Waals surface area contributed by atoms with Crippen LogP contribution < -0.4 is 5.32 Å². The molecule has 0 spiro atoms. The van der Waals surface area contributed by atoms with Gasteiger partial charge in [0.25, 0.3) is 0 Å². The highest BCUT2D eigenvalue weighted by atomic mass is 79.9. The van der Waals surface area contributed by atoms with Crippen molar-refractivity contribution in [2.45, 2.75) is 0 Å². The molecule has 0 aliphatic carbocycles. The van der Waals surface area contributed by atoms with Crippen molar-refractivity contribution in [3.8, 4) is 0 Å². The van der Waals surface area contributed by atoms with E-state index < -0.39 is 0 Å². The van der Waals surface area contributed by atoms with E-state index in [4.69, 9.17) is 12.2 Å². The molecule has 0 atom stereocenters. The van der Waals surface area contributed by atoms with Gasteiger partial charge in [0.1, 0.15) is 4.99 Å². The third-order valence-corrected chi connectivity index (χ3v) is 3.28. The summed E-state index contributed by atoms with van der Waals surface area (Å²) in [7, 11) is 1.83. The molecule has 0 amide bonds. The van der Waals surface area contributed by atoms with Crippen LogP contribution in [0.1, 0.15) is 4.88 Å². The molecule has 1 heterocycles. The molecular formula is C6H6BrNS2. The van der Waals surface area contributed by atoms with Crippen molar-refractivity contribution in [2.75, 3.05) is 7.05 Å². The lowest BCUT2D eigenvalue weighted by Gasteiger charge is -1.95. The van der Waals surface area contributed by atoms with Gasteiger partial charge in [-0.05, 0) is 22.0 Å². The van der Waals surface area contributed by atoms with Crippen molar-refractivity contribution in [3.05, 3.63) is 20.8 Å². The molecule has 0 saturated heterocycles. The van der Waals surface area contributed by atoms with Crippen molar-refractivity contribution < 1.29 is 0 Å². The molecule has 1 N–H and O–H groups in total. The fourth-order valence-electron chi connectivity index (χ4n) is 0.555. The summed E-state index contributed by atoms with van der Waals surface area (Å²) in [5.74, 6) is 0. The van der Waals surface area contributed by atoms with Crippen molar-refractivity contribution >= 4 is 44.5 Å². The number of thiocarbonyl (C=S) groups is 1. The van der Waals surface area contributed by atoms with Crippen LogP contribution in [0.15, 0.2) is 15.9 Å². The number of nitrogens with one attached hydrogen (secondary N) is 1. The molecule has 0 radical (unpaired) electrons. The topological polar surface area (TPSA) is 12.0 Å². The van der Waals surface area contributed by atoms with Gasteiger partial charge in [-0.1, -0.05) is 12.2 Å². The summed E-state index contributed by atoms with van der Waals surface area (Å²) in [4.78, 5) is 1.90. The summed E-state index contributed by atoms with van der Waals surface area (Å²) in [6.07, 6.45) is 0. The molecule has 0 unspecified atom stereocenters. The average Bonchev–Trinajstić information content (AvgIpc) is 2.34. The minimum atomic E-state index is 0.802. The maximum absolute atomic E-state index is 5.01. The molecule has 1 aromatic rings. The zero-order valence-corrected chi connectivity index (χ0v) is 8.57. The Bertz CT molecular complexity index is 244. The number of halogens is 1. The first-order valence-corrected chi connectivity index (χ1v) is 4.78. The monoisotopic (exact) mass is 235 g/mol. The van der Waals surface area contributed by atoms with Gasteiger partial charge in [-0.15, -0.1) is 11.3 Å². The van der Waals surface area contributed by atoms with Crippen LogP contribution in [0.3, 0.4) is 0 Å². The van der Waals surface area contributed by atoms with Crippen LogP contribution >= 0.6 is 39.5 Å². The fourth-order valence-corrected chi connectivity index (χ4v) is 2.13. The minimum absolute atomic E-state index is 0.802. The molecule has 0 aliphatic heterocycles. The first kappa shape index (κ1) is 8.17. The number of hydrogen-bond donors (Lipinski definition) is 1. The molecule has 1 nitrogen and oxygen atoms in total. The second-order valence-corrected chi connectivity index (χ2v) is 3.94. The first-order chi connectivity index (χ1) is 4.74. The van der Waals surface area contributed by atoms with Crippen LogP contribution in [0.4, 0.5) is 0 Å². The highest BCUT2D eigenvalue weighted by Gasteiger charge is 2.00. The highest BCUT2D eigenvalue weighted by Crippen LogP contribution is 2.19. The SMILES string of the molecule is CNC(=S)c1cc(Br)cs1. The van der Waals surface area contributed by atoms with E-state index in [0.717, 1.165) is 14.3 Å². The zero-order chi connectivity index (χ0) is 7.56. The Morgan fingerprint density at radius 3 is 2.90 bits per heavy atom. The van der Waals surface area contributed by atoms with Crippen LogP contribution in [-0.4, -0.2) is 12.0 Å². The van der Waals surface area contributed by atoms with E-state index in [1.807, 2.05) is 18.5 Å². The predicted molar refractivity (Wildman–Crippen MR) is 52.8 cm³/mol. The standard InChI is InChI=1S/C6H6BrNS2/c1-8-6(9)5-2-4(7)3-10-5/h2-3H,1H3,(H,8,9). The van der Waals surface area contributed by atoms with Gasteiger partial charge in [-0.3, -0.25) is 0 Å². The van der Waals surface area contributed by atoms with Gasteiger partial charge < -0.3 is 5.32 Å². The van der Waals surface area contributed by atoms with E-state index in [9.17, 15) is 0 Å². The van der Waals surface area contributed by atoms with E-state index in [-0.39, 0.29) is 0 Å². The van der Waals surface area contributed by atoms with Crippen molar-refractivity contribution in [1.82, 2.24) is 5.32 Å². The predicted octanol–water partition coefficient (Wildman–Crippen LogP) is 2.41. The maximum Gasteiger partial charge on any atom is 0.116 e. The molecule has 0 fully saturated rings. The van der Waals surface area contributed by atoms with Crippen LogP contribution in [-0.2, 0) is 0 Å². The number of thiophene rings is 1. The molecule has 0 saturated carbocycles. The van der Waals surface area contributed by atoms with Gasteiger partial charge >= 0.3 is 0 Å². The van der Waals surface area contributed by atoms with Gasteiger partial charge in [-0.25, -0.2) is 0 Å². The third-order valence-electron chi connectivity index (χ3n) is 1.02. The van der Waals surface area contributed by atoms with Crippen LogP contribution in [0, 0.1) is 0 Å². The molecule has 4 heteroatoms. The zero-order valence-electron chi connectivity index (χ0n) is 5.35. The number of rotatable bonds is 1. The Morgan fingerprint density at radius 2 is 2.50 bits per heavy atom. The molecule has 0 bridgehead atoms. The van der Waals surface area contributed by atoms with Crippen molar-refractivity contribution in [2.24, 2.45) is 0 Å². The lowest BCUT2D eigenvalue weighted by molar-refractivity contribution is 1.21. The lowest BCUT2D eigenvalue weighted by atomic mass is 10.5. The molecule has 1 aromatic heterocycles. The van der Waals surface area contributed by atoms with E-state index in [1.54, 1.807) is 11.3 Å². The lowest BCUT2D eigenvalue weighted by Crippen LogP contribution is -2.14. The summed E-state index contributed by atoms with van der Waals surface area (Å²) < 4.78 is 1.09. The second kappa shape index (κ2) is 3.46. The molecule has 10 heavy (non-hydrogen) atoms. The molecule has 0 aliphatic rings. The smallest absolute Gasteiger partial charge is 0.116 e.